The van der Waals surface area contributed by atoms with Gasteiger partial charge >= 0.3 is 0 Å². The number of hydrogen-bond acceptors (Lipinski definition) is 5. The van der Waals surface area contributed by atoms with Gasteiger partial charge in [-0.2, -0.15) is 0 Å². The molecule has 1 aliphatic heterocycles. The number of benzene rings is 1. The van der Waals surface area contributed by atoms with Crippen molar-refractivity contribution in [3.05, 3.63) is 53.0 Å². The van der Waals surface area contributed by atoms with E-state index in [0.29, 0.717) is 5.13 Å². The number of thiazole rings is 1. The minimum Gasteiger partial charge on any atom is -0.373 e. The molecule has 3 rings (SSSR count). The third-order valence-electron chi connectivity index (χ3n) is 3.89. The van der Waals surface area contributed by atoms with E-state index < -0.39 is 0 Å². The monoisotopic (exact) mass is 357 g/mol. The van der Waals surface area contributed by atoms with Crippen molar-refractivity contribution in [2.75, 3.05) is 18.4 Å². The Morgan fingerprint density at radius 1 is 1.32 bits per heavy atom. The van der Waals surface area contributed by atoms with Crippen molar-refractivity contribution in [3.8, 4) is 0 Å². The Morgan fingerprint density at radius 3 is 2.76 bits per heavy atom. The van der Waals surface area contributed by atoms with E-state index in [-0.39, 0.29) is 18.1 Å². The van der Waals surface area contributed by atoms with Crippen LogP contribution in [0.1, 0.15) is 25.1 Å². The molecule has 2 unspecified atom stereocenters. The number of nitrogens with zero attached hydrogens (tertiary/aromatic N) is 2. The molecule has 0 radical (unpaired) electrons. The lowest BCUT2D eigenvalue weighted by Crippen LogP contribution is -2.44. The normalized spacial score (nSPS) is 21.5. The molecule has 0 aliphatic carbocycles. The molecule has 1 aliphatic rings. The lowest BCUT2D eigenvalue weighted by Gasteiger charge is -2.34. The average Bonchev–Trinajstić information content (AvgIpc) is 3.00. The van der Waals surface area contributed by atoms with Crippen LogP contribution in [0.2, 0.25) is 0 Å². The fourth-order valence-corrected chi connectivity index (χ4v) is 3.67. The van der Waals surface area contributed by atoms with Gasteiger partial charge in [0.15, 0.2) is 5.13 Å². The van der Waals surface area contributed by atoms with Crippen LogP contribution in [0.25, 0.3) is 6.08 Å². The standard InChI is InChI=1S/C19H23N3O2S/c1-14-10-22(11-15(2)24-14)12-17-13-25-19(20-17)21-18(23)9-8-16-6-4-3-5-7-16/h3-9,13-15H,10-12H2,1-2H3,(H,20,21,23). The van der Waals surface area contributed by atoms with Crippen LogP contribution < -0.4 is 5.32 Å². The third-order valence-corrected chi connectivity index (χ3v) is 4.70. The van der Waals surface area contributed by atoms with Crippen molar-refractivity contribution in [1.82, 2.24) is 9.88 Å². The van der Waals surface area contributed by atoms with Gasteiger partial charge in [-0.15, -0.1) is 11.3 Å². The maximum Gasteiger partial charge on any atom is 0.250 e. The number of hydrogen-bond donors (Lipinski definition) is 1. The van der Waals surface area contributed by atoms with Gasteiger partial charge in [0.05, 0.1) is 17.9 Å². The quantitative estimate of drug-likeness (QED) is 0.833. The smallest absolute Gasteiger partial charge is 0.250 e. The van der Waals surface area contributed by atoms with E-state index in [9.17, 15) is 4.79 Å². The molecule has 2 atom stereocenters. The van der Waals surface area contributed by atoms with Gasteiger partial charge in [-0.1, -0.05) is 30.3 Å². The maximum atomic E-state index is 12.0. The summed E-state index contributed by atoms with van der Waals surface area (Å²) in [5.41, 5.74) is 1.97. The third kappa shape index (κ3) is 5.49. The summed E-state index contributed by atoms with van der Waals surface area (Å²) in [7, 11) is 0. The number of anilines is 1. The predicted octanol–water partition coefficient (Wildman–Crippen LogP) is 3.40. The highest BCUT2D eigenvalue weighted by Gasteiger charge is 2.22. The van der Waals surface area contributed by atoms with E-state index >= 15 is 0 Å². The molecule has 0 bridgehead atoms. The Kier molecular flexibility index (Phi) is 5.96. The lowest BCUT2D eigenvalue weighted by atomic mass is 10.2. The number of aromatic nitrogens is 1. The van der Waals surface area contributed by atoms with Gasteiger partial charge < -0.3 is 4.74 Å². The molecule has 25 heavy (non-hydrogen) atoms. The molecule has 1 fully saturated rings. The zero-order valence-corrected chi connectivity index (χ0v) is 15.3. The van der Waals surface area contributed by atoms with Crippen molar-refractivity contribution in [2.45, 2.75) is 32.6 Å². The Hall–Kier alpha value is -2.02. The maximum absolute atomic E-state index is 12.0. The van der Waals surface area contributed by atoms with E-state index in [0.717, 1.165) is 30.9 Å². The van der Waals surface area contributed by atoms with Crippen LogP contribution in [0, 0.1) is 0 Å². The topological polar surface area (TPSA) is 54.5 Å². The Bertz CT molecular complexity index is 719. The van der Waals surface area contributed by atoms with Crippen LogP contribution in [0.3, 0.4) is 0 Å². The number of nitrogens with one attached hydrogen (secondary N) is 1. The first-order valence-electron chi connectivity index (χ1n) is 8.45. The number of carbonyl (C=O) groups is 1. The van der Waals surface area contributed by atoms with E-state index in [2.05, 4.69) is 29.0 Å². The van der Waals surface area contributed by atoms with Gasteiger partial charge in [0.2, 0.25) is 5.91 Å². The van der Waals surface area contributed by atoms with Crippen LogP contribution in [0.4, 0.5) is 5.13 Å². The van der Waals surface area contributed by atoms with Crippen molar-refractivity contribution < 1.29 is 9.53 Å². The summed E-state index contributed by atoms with van der Waals surface area (Å²) >= 11 is 1.45. The van der Waals surface area contributed by atoms with E-state index in [1.807, 2.05) is 35.7 Å². The second kappa shape index (κ2) is 8.38. The molecule has 0 saturated carbocycles. The van der Waals surface area contributed by atoms with Crippen LogP contribution in [-0.4, -0.2) is 41.1 Å². The molecule has 1 aromatic heterocycles. The molecule has 0 spiro atoms. The highest BCUT2D eigenvalue weighted by molar-refractivity contribution is 7.13. The molecular formula is C19H23N3O2S. The number of amides is 1. The Labute approximate surface area is 152 Å². The minimum absolute atomic E-state index is 0.168. The van der Waals surface area contributed by atoms with Crippen LogP contribution in [0.15, 0.2) is 41.8 Å². The summed E-state index contributed by atoms with van der Waals surface area (Å²) in [6.07, 6.45) is 3.80. The van der Waals surface area contributed by atoms with E-state index in [1.165, 1.54) is 17.4 Å². The molecule has 1 aromatic carbocycles. The first kappa shape index (κ1) is 17.8. The SMILES string of the molecule is CC1CN(Cc2csc(NC(=O)C=Cc3ccccc3)n2)CC(C)O1. The van der Waals surface area contributed by atoms with Crippen molar-refractivity contribution >= 4 is 28.5 Å². The zero-order chi connectivity index (χ0) is 17.6. The molecule has 6 heteroatoms. The summed E-state index contributed by atoms with van der Waals surface area (Å²) in [6.45, 7) is 6.78. The summed E-state index contributed by atoms with van der Waals surface area (Å²) < 4.78 is 5.75. The number of carbonyl (C=O) groups excluding carboxylic acids is 1. The first-order chi connectivity index (χ1) is 12.1. The minimum atomic E-state index is -0.168. The summed E-state index contributed by atoms with van der Waals surface area (Å²) in [5, 5.41) is 5.46. The molecular weight excluding hydrogens is 334 g/mol. The van der Waals surface area contributed by atoms with Gasteiger partial charge in [0.1, 0.15) is 0 Å². The van der Waals surface area contributed by atoms with E-state index in [4.69, 9.17) is 4.74 Å². The molecule has 1 saturated heterocycles. The summed E-state index contributed by atoms with van der Waals surface area (Å²) in [4.78, 5) is 18.9. The molecule has 2 heterocycles. The fraction of sp³-hybridized carbons (Fsp3) is 0.368. The lowest BCUT2D eigenvalue weighted by molar-refractivity contribution is -0.111. The Balaban J connectivity index is 1.53. The highest BCUT2D eigenvalue weighted by Crippen LogP contribution is 2.19. The molecule has 1 N–H and O–H groups in total. The van der Waals surface area contributed by atoms with Crippen molar-refractivity contribution in [1.29, 1.82) is 0 Å². The fourth-order valence-electron chi connectivity index (χ4n) is 2.96. The van der Waals surface area contributed by atoms with Gasteiger partial charge in [-0.25, -0.2) is 4.98 Å². The number of ether oxygens (including phenoxy) is 1. The first-order valence-corrected chi connectivity index (χ1v) is 9.33. The second-order valence-corrected chi connectivity index (χ2v) is 7.19. The molecule has 1 amide bonds. The summed E-state index contributed by atoms with van der Waals surface area (Å²) in [6, 6.07) is 9.74. The number of rotatable bonds is 5. The summed E-state index contributed by atoms with van der Waals surface area (Å²) in [5.74, 6) is -0.168. The van der Waals surface area contributed by atoms with Gasteiger partial charge in [0, 0.05) is 31.1 Å². The molecule has 5 nitrogen and oxygen atoms in total. The largest absolute Gasteiger partial charge is 0.373 e. The molecule has 2 aromatic rings. The van der Waals surface area contributed by atoms with Gasteiger partial charge in [0.25, 0.3) is 0 Å². The van der Waals surface area contributed by atoms with Crippen molar-refractivity contribution in [3.63, 3.8) is 0 Å². The van der Waals surface area contributed by atoms with Crippen LogP contribution in [0.5, 0.6) is 0 Å². The predicted molar refractivity (Wildman–Crippen MR) is 102 cm³/mol. The van der Waals surface area contributed by atoms with E-state index in [1.54, 1.807) is 6.08 Å². The number of morpholine rings is 1. The van der Waals surface area contributed by atoms with Crippen molar-refractivity contribution in [2.24, 2.45) is 0 Å². The van der Waals surface area contributed by atoms with Gasteiger partial charge in [-0.3, -0.25) is 15.0 Å². The zero-order valence-electron chi connectivity index (χ0n) is 14.5. The highest BCUT2D eigenvalue weighted by atomic mass is 32.1. The van der Waals surface area contributed by atoms with Crippen LogP contribution in [-0.2, 0) is 16.1 Å². The van der Waals surface area contributed by atoms with Crippen LogP contribution >= 0.6 is 11.3 Å². The Morgan fingerprint density at radius 2 is 2.04 bits per heavy atom. The van der Waals surface area contributed by atoms with Gasteiger partial charge in [-0.05, 0) is 25.5 Å². The average molecular weight is 357 g/mol. The molecule has 132 valence electrons. The second-order valence-electron chi connectivity index (χ2n) is 6.33.